The molecule has 1 atom stereocenters. The normalized spacial score (nSPS) is 23.7. The van der Waals surface area contributed by atoms with E-state index in [1.165, 1.54) is 0 Å². The average Bonchev–Trinajstić information content (AvgIpc) is 2.18. The molecule has 1 unspecified atom stereocenters. The van der Waals surface area contributed by atoms with Gasteiger partial charge in [-0.15, -0.1) is 6.58 Å². The van der Waals surface area contributed by atoms with Crippen LogP contribution in [0.15, 0.2) is 12.7 Å². The van der Waals surface area contributed by atoms with E-state index in [4.69, 9.17) is 0 Å². The lowest BCUT2D eigenvalue weighted by Crippen LogP contribution is -2.44. The Morgan fingerprint density at radius 1 is 1.67 bits per heavy atom. The monoisotopic (exact) mass is 211 g/mol. The second kappa shape index (κ2) is 4.79. The number of carboxylic acid groups (broad SMARTS) is 1. The lowest BCUT2D eigenvalue weighted by molar-refractivity contribution is -0.151. The minimum Gasteiger partial charge on any atom is -0.481 e. The van der Waals surface area contributed by atoms with Gasteiger partial charge in [0, 0.05) is 13.1 Å². The van der Waals surface area contributed by atoms with Crippen LogP contribution in [0.2, 0.25) is 0 Å². The first kappa shape index (κ1) is 12.2. The summed E-state index contributed by atoms with van der Waals surface area (Å²) in [5.41, 5.74) is -0.611. The highest BCUT2D eigenvalue weighted by Gasteiger charge is 2.38. The molecule has 86 valence electrons. The van der Waals surface area contributed by atoms with E-state index in [1.54, 1.807) is 0 Å². The smallest absolute Gasteiger partial charge is 0.309 e. The molecule has 0 bridgehead atoms. The van der Waals surface area contributed by atoms with Gasteiger partial charge in [0.2, 0.25) is 0 Å². The molecule has 1 aliphatic heterocycles. The number of likely N-dealkylation sites (tertiary alicyclic amines) is 1. The zero-order chi connectivity index (χ0) is 11.5. The number of carboxylic acids is 1. The van der Waals surface area contributed by atoms with Crippen LogP contribution in [0.5, 0.6) is 0 Å². The molecule has 3 nitrogen and oxygen atoms in total. The quantitative estimate of drug-likeness (QED) is 0.723. The molecular weight excluding hydrogens is 190 g/mol. The molecule has 0 radical (unpaired) electrons. The average molecular weight is 211 g/mol. The maximum absolute atomic E-state index is 11.1. The molecule has 1 saturated heterocycles. The van der Waals surface area contributed by atoms with Gasteiger partial charge in [0.15, 0.2) is 0 Å². The molecule has 0 aromatic carbocycles. The van der Waals surface area contributed by atoms with Gasteiger partial charge >= 0.3 is 5.97 Å². The summed E-state index contributed by atoms with van der Waals surface area (Å²) in [6, 6.07) is 0. The third-order valence-corrected chi connectivity index (χ3v) is 3.46. The Morgan fingerprint density at radius 2 is 2.33 bits per heavy atom. The molecule has 0 aromatic heterocycles. The minimum atomic E-state index is -0.687. The Labute approximate surface area is 91.8 Å². The van der Waals surface area contributed by atoms with Crippen molar-refractivity contribution in [3.63, 3.8) is 0 Å². The van der Waals surface area contributed by atoms with E-state index in [2.05, 4.69) is 11.5 Å². The zero-order valence-electron chi connectivity index (χ0n) is 9.70. The molecule has 0 amide bonds. The van der Waals surface area contributed by atoms with Crippen molar-refractivity contribution < 1.29 is 9.90 Å². The molecule has 1 rings (SSSR count). The number of hydrogen-bond donors (Lipinski definition) is 1. The molecule has 1 fully saturated rings. The van der Waals surface area contributed by atoms with Crippen molar-refractivity contribution in [1.82, 2.24) is 4.90 Å². The van der Waals surface area contributed by atoms with Crippen molar-refractivity contribution in [1.29, 1.82) is 0 Å². The van der Waals surface area contributed by atoms with E-state index < -0.39 is 11.4 Å². The summed E-state index contributed by atoms with van der Waals surface area (Å²) in [6.07, 6.45) is 4.00. The molecule has 15 heavy (non-hydrogen) atoms. The van der Waals surface area contributed by atoms with Gasteiger partial charge < -0.3 is 5.11 Å². The summed E-state index contributed by atoms with van der Waals surface area (Å²) in [5, 5.41) is 9.17. The fraction of sp³-hybridized carbons (Fsp3) is 0.750. The Balaban J connectivity index is 2.63. The maximum atomic E-state index is 11.1. The number of aliphatic carboxylic acids is 1. The van der Waals surface area contributed by atoms with E-state index in [0.29, 0.717) is 0 Å². The Bertz CT molecular complexity index is 248. The first-order chi connectivity index (χ1) is 6.98. The lowest BCUT2D eigenvalue weighted by Gasteiger charge is -2.38. The van der Waals surface area contributed by atoms with Crippen LogP contribution in [-0.4, -0.2) is 35.6 Å². The predicted molar refractivity (Wildman–Crippen MR) is 60.8 cm³/mol. The first-order valence-electron chi connectivity index (χ1n) is 5.55. The highest BCUT2D eigenvalue weighted by atomic mass is 16.4. The van der Waals surface area contributed by atoms with Gasteiger partial charge in [-0.25, -0.2) is 0 Å². The predicted octanol–water partition coefficient (Wildman–Crippen LogP) is 2.00. The summed E-state index contributed by atoms with van der Waals surface area (Å²) in [4.78, 5) is 13.4. The summed E-state index contributed by atoms with van der Waals surface area (Å²) >= 11 is 0. The van der Waals surface area contributed by atoms with Crippen molar-refractivity contribution in [2.24, 2.45) is 11.3 Å². The third kappa shape index (κ3) is 2.81. The number of piperidine rings is 1. The summed E-state index contributed by atoms with van der Waals surface area (Å²) in [6.45, 7) is 10.2. The number of carbonyl (C=O) groups is 1. The number of rotatable bonds is 4. The lowest BCUT2D eigenvalue weighted by atomic mass is 9.74. The van der Waals surface area contributed by atoms with Crippen LogP contribution in [0, 0.1) is 11.3 Å². The Hall–Kier alpha value is -0.830. The van der Waals surface area contributed by atoms with Crippen LogP contribution in [0.25, 0.3) is 0 Å². The van der Waals surface area contributed by atoms with E-state index in [0.717, 1.165) is 32.5 Å². The molecule has 0 saturated carbocycles. The van der Waals surface area contributed by atoms with Crippen molar-refractivity contribution >= 4 is 5.97 Å². The maximum Gasteiger partial charge on any atom is 0.309 e. The van der Waals surface area contributed by atoms with Crippen LogP contribution >= 0.6 is 0 Å². The molecule has 0 aromatic rings. The van der Waals surface area contributed by atoms with Gasteiger partial charge in [-0.05, 0) is 39.2 Å². The molecule has 0 spiro atoms. The van der Waals surface area contributed by atoms with Crippen LogP contribution in [0.1, 0.15) is 26.7 Å². The highest BCUT2D eigenvalue weighted by molar-refractivity contribution is 5.74. The molecule has 3 heteroatoms. The Morgan fingerprint density at radius 3 is 2.87 bits per heavy atom. The topological polar surface area (TPSA) is 40.5 Å². The van der Waals surface area contributed by atoms with Crippen LogP contribution < -0.4 is 0 Å². The summed E-state index contributed by atoms with van der Waals surface area (Å²) in [7, 11) is 0. The molecule has 1 N–H and O–H groups in total. The summed E-state index contributed by atoms with van der Waals surface area (Å²) in [5.74, 6) is -0.434. The highest BCUT2D eigenvalue weighted by Crippen LogP contribution is 2.33. The second-order valence-electron chi connectivity index (χ2n) is 4.91. The van der Waals surface area contributed by atoms with Crippen molar-refractivity contribution in [3.05, 3.63) is 12.7 Å². The van der Waals surface area contributed by atoms with Crippen molar-refractivity contribution in [2.45, 2.75) is 26.7 Å². The van der Waals surface area contributed by atoms with Gasteiger partial charge in [0.1, 0.15) is 0 Å². The van der Waals surface area contributed by atoms with Gasteiger partial charge in [-0.3, -0.25) is 9.69 Å². The van der Waals surface area contributed by atoms with Crippen molar-refractivity contribution in [2.75, 3.05) is 19.6 Å². The SMILES string of the molecule is C=CCN1CCCC(C(C)(C)C(=O)O)C1. The number of hydrogen-bond acceptors (Lipinski definition) is 2. The largest absolute Gasteiger partial charge is 0.481 e. The van der Waals surface area contributed by atoms with E-state index in [1.807, 2.05) is 19.9 Å². The minimum absolute atomic E-state index is 0.253. The van der Waals surface area contributed by atoms with Gasteiger partial charge in [0.25, 0.3) is 0 Å². The van der Waals surface area contributed by atoms with Gasteiger partial charge in [-0.1, -0.05) is 6.08 Å². The zero-order valence-corrected chi connectivity index (χ0v) is 9.70. The molecule has 0 aliphatic carbocycles. The molecular formula is C12H21NO2. The van der Waals surface area contributed by atoms with Crippen LogP contribution in [-0.2, 0) is 4.79 Å². The van der Waals surface area contributed by atoms with Gasteiger partial charge in [0.05, 0.1) is 5.41 Å². The van der Waals surface area contributed by atoms with Crippen molar-refractivity contribution in [3.8, 4) is 0 Å². The van der Waals surface area contributed by atoms with E-state index in [9.17, 15) is 9.90 Å². The summed E-state index contributed by atoms with van der Waals surface area (Å²) < 4.78 is 0. The fourth-order valence-electron chi connectivity index (χ4n) is 2.17. The third-order valence-electron chi connectivity index (χ3n) is 3.46. The fourth-order valence-corrected chi connectivity index (χ4v) is 2.17. The standard InChI is InChI=1S/C12H21NO2/c1-4-7-13-8-5-6-10(9-13)12(2,3)11(14)15/h4,10H,1,5-9H2,2-3H3,(H,14,15). The van der Waals surface area contributed by atoms with Gasteiger partial charge in [-0.2, -0.15) is 0 Å². The molecule has 1 heterocycles. The second-order valence-corrected chi connectivity index (χ2v) is 4.91. The van der Waals surface area contributed by atoms with Crippen LogP contribution in [0.3, 0.4) is 0 Å². The van der Waals surface area contributed by atoms with E-state index >= 15 is 0 Å². The van der Waals surface area contributed by atoms with E-state index in [-0.39, 0.29) is 5.92 Å². The number of nitrogens with zero attached hydrogens (tertiary/aromatic N) is 1. The molecule has 1 aliphatic rings. The Kier molecular flexibility index (Phi) is 3.91. The first-order valence-corrected chi connectivity index (χ1v) is 5.55. The van der Waals surface area contributed by atoms with Crippen LogP contribution in [0.4, 0.5) is 0 Å².